The third-order valence-electron chi connectivity index (χ3n) is 3.22. The molecule has 0 saturated heterocycles. The molecule has 110 valence electrons. The van der Waals surface area contributed by atoms with Gasteiger partial charge in [-0.15, -0.1) is 10.2 Å². The molecule has 1 aliphatic heterocycles. The first-order valence-electron chi connectivity index (χ1n) is 6.32. The van der Waals surface area contributed by atoms with Gasteiger partial charge in [-0.05, 0) is 0 Å². The molecule has 0 bridgehead atoms. The number of rotatable bonds is 3. The number of carbonyl (C=O) groups excluding carboxylic acids is 2. The van der Waals surface area contributed by atoms with Gasteiger partial charge < -0.3 is 14.2 Å². The van der Waals surface area contributed by atoms with Gasteiger partial charge in [-0.3, -0.25) is 4.79 Å². The van der Waals surface area contributed by atoms with Crippen molar-refractivity contribution in [1.82, 2.24) is 19.7 Å². The number of hydrogen-bond acceptors (Lipinski definition) is 8. The summed E-state index contributed by atoms with van der Waals surface area (Å²) >= 11 is 1.20. The van der Waals surface area contributed by atoms with Crippen LogP contribution in [0.2, 0.25) is 0 Å². The van der Waals surface area contributed by atoms with Gasteiger partial charge in [0.1, 0.15) is 11.2 Å². The quantitative estimate of drug-likeness (QED) is 0.610. The number of hydrogen-bond donors (Lipinski definition) is 0. The predicted molar refractivity (Wildman–Crippen MR) is 74.5 cm³/mol. The van der Waals surface area contributed by atoms with Gasteiger partial charge in [0.25, 0.3) is 0 Å². The molecule has 9 heteroatoms. The van der Waals surface area contributed by atoms with E-state index in [2.05, 4.69) is 19.9 Å². The van der Waals surface area contributed by atoms with Gasteiger partial charge in [0.15, 0.2) is 22.4 Å². The van der Waals surface area contributed by atoms with E-state index in [9.17, 15) is 9.59 Å². The first-order valence-corrected chi connectivity index (χ1v) is 7.13. The van der Waals surface area contributed by atoms with Crippen LogP contribution in [0.4, 0.5) is 5.13 Å². The van der Waals surface area contributed by atoms with Crippen molar-refractivity contribution in [2.24, 2.45) is 0 Å². The highest BCUT2D eigenvalue weighted by atomic mass is 32.1. The van der Waals surface area contributed by atoms with Gasteiger partial charge in [-0.1, -0.05) is 11.3 Å². The van der Waals surface area contributed by atoms with Crippen molar-refractivity contribution < 1.29 is 14.3 Å². The zero-order valence-electron chi connectivity index (χ0n) is 11.6. The van der Waals surface area contributed by atoms with Crippen molar-refractivity contribution in [3.63, 3.8) is 0 Å². The number of carbonyl (C=O) groups is 2. The monoisotopic (exact) mass is 307 g/mol. The Morgan fingerprint density at radius 3 is 2.90 bits per heavy atom. The standard InChI is InChI=1S/C12H13N5O3S/c1-7(18)10-9(11(19)20-2)14-12(21-10)16-3-4-17-6-13-15-8(17)5-16/h6H,3-5H2,1-2H3. The van der Waals surface area contributed by atoms with E-state index in [-0.39, 0.29) is 11.5 Å². The lowest BCUT2D eigenvalue weighted by molar-refractivity contribution is 0.0591. The first kappa shape index (κ1) is 13.7. The number of nitrogens with zero attached hydrogens (tertiary/aromatic N) is 5. The molecule has 0 radical (unpaired) electrons. The highest BCUT2D eigenvalue weighted by Gasteiger charge is 2.26. The summed E-state index contributed by atoms with van der Waals surface area (Å²) in [5, 5.41) is 8.52. The second-order valence-electron chi connectivity index (χ2n) is 4.58. The largest absolute Gasteiger partial charge is 0.464 e. The van der Waals surface area contributed by atoms with E-state index < -0.39 is 5.97 Å². The number of methoxy groups -OCH3 is 1. The van der Waals surface area contributed by atoms with E-state index in [4.69, 9.17) is 0 Å². The van der Waals surface area contributed by atoms with Crippen molar-refractivity contribution in [2.75, 3.05) is 18.6 Å². The van der Waals surface area contributed by atoms with E-state index >= 15 is 0 Å². The summed E-state index contributed by atoms with van der Waals surface area (Å²) in [6, 6.07) is 0. The Balaban J connectivity index is 1.93. The highest BCUT2D eigenvalue weighted by molar-refractivity contribution is 7.17. The number of thiazole rings is 1. The topological polar surface area (TPSA) is 90.2 Å². The molecule has 0 aliphatic carbocycles. The lowest BCUT2D eigenvalue weighted by Gasteiger charge is -2.26. The van der Waals surface area contributed by atoms with Crippen LogP contribution in [0.5, 0.6) is 0 Å². The van der Waals surface area contributed by atoms with Crippen LogP contribution in [0.15, 0.2) is 6.33 Å². The van der Waals surface area contributed by atoms with Crippen LogP contribution in [0.3, 0.4) is 0 Å². The van der Waals surface area contributed by atoms with Crippen LogP contribution in [0, 0.1) is 0 Å². The lowest BCUT2D eigenvalue weighted by atomic mass is 10.3. The molecule has 3 heterocycles. The molecule has 0 saturated carbocycles. The van der Waals surface area contributed by atoms with Crippen LogP contribution in [-0.4, -0.2) is 45.2 Å². The average molecular weight is 307 g/mol. The summed E-state index contributed by atoms with van der Waals surface area (Å²) in [6.45, 7) is 3.42. The van der Waals surface area contributed by atoms with Crippen molar-refractivity contribution in [1.29, 1.82) is 0 Å². The smallest absolute Gasteiger partial charge is 0.358 e. The Labute approximate surface area is 124 Å². The van der Waals surface area contributed by atoms with Gasteiger partial charge >= 0.3 is 5.97 Å². The second-order valence-corrected chi connectivity index (χ2v) is 5.56. The van der Waals surface area contributed by atoms with Crippen LogP contribution in [0.1, 0.15) is 32.9 Å². The number of esters is 1. The Morgan fingerprint density at radius 1 is 1.38 bits per heavy atom. The number of aromatic nitrogens is 4. The van der Waals surface area contributed by atoms with Gasteiger partial charge in [-0.25, -0.2) is 9.78 Å². The molecule has 0 unspecified atom stereocenters. The fourth-order valence-corrected chi connectivity index (χ4v) is 3.12. The second kappa shape index (κ2) is 5.24. The summed E-state index contributed by atoms with van der Waals surface area (Å²) in [5.74, 6) is 0.0441. The normalized spacial score (nSPS) is 13.9. The molecule has 2 aromatic heterocycles. The van der Waals surface area contributed by atoms with Gasteiger partial charge in [0, 0.05) is 20.0 Å². The predicted octanol–water partition coefficient (Wildman–Crippen LogP) is 0.744. The highest BCUT2D eigenvalue weighted by Crippen LogP contribution is 2.29. The lowest BCUT2D eigenvalue weighted by Crippen LogP contribution is -2.33. The minimum absolute atomic E-state index is 0.0806. The van der Waals surface area contributed by atoms with E-state index in [1.54, 1.807) is 6.33 Å². The summed E-state index contributed by atoms with van der Waals surface area (Å²) < 4.78 is 6.65. The maximum absolute atomic E-state index is 11.7. The van der Waals surface area contributed by atoms with Crippen LogP contribution in [0.25, 0.3) is 0 Å². The van der Waals surface area contributed by atoms with Crippen LogP contribution < -0.4 is 4.90 Å². The summed E-state index contributed by atoms with van der Waals surface area (Å²) in [6.07, 6.45) is 1.69. The molecule has 0 spiro atoms. The zero-order chi connectivity index (χ0) is 15.0. The minimum atomic E-state index is -0.595. The molecule has 3 rings (SSSR count). The molecule has 0 fully saturated rings. The van der Waals surface area contributed by atoms with Crippen molar-refractivity contribution in [3.05, 3.63) is 22.7 Å². The summed E-state index contributed by atoms with van der Waals surface area (Å²) in [4.78, 5) is 30.0. The first-order chi connectivity index (χ1) is 10.1. The molecule has 21 heavy (non-hydrogen) atoms. The van der Waals surface area contributed by atoms with Gasteiger partial charge in [-0.2, -0.15) is 0 Å². The molecule has 0 atom stereocenters. The Morgan fingerprint density at radius 2 is 2.19 bits per heavy atom. The van der Waals surface area contributed by atoms with Crippen LogP contribution >= 0.6 is 11.3 Å². The minimum Gasteiger partial charge on any atom is -0.464 e. The SMILES string of the molecule is COC(=O)c1nc(N2CCn3cnnc3C2)sc1C(C)=O. The molecule has 8 nitrogen and oxygen atoms in total. The molecule has 0 N–H and O–H groups in total. The van der Waals surface area contributed by atoms with Gasteiger partial charge in [0.05, 0.1) is 13.7 Å². The third-order valence-corrected chi connectivity index (χ3v) is 4.44. The average Bonchev–Trinajstić information content (AvgIpc) is 3.11. The molecular weight excluding hydrogens is 294 g/mol. The Hall–Kier alpha value is -2.29. The van der Waals surface area contributed by atoms with E-state index in [0.29, 0.717) is 16.6 Å². The van der Waals surface area contributed by atoms with E-state index in [1.807, 2.05) is 9.47 Å². The zero-order valence-corrected chi connectivity index (χ0v) is 12.4. The number of fused-ring (bicyclic) bond motifs is 1. The van der Waals surface area contributed by atoms with E-state index in [0.717, 1.165) is 18.9 Å². The van der Waals surface area contributed by atoms with Crippen molar-refractivity contribution in [2.45, 2.75) is 20.0 Å². The Kier molecular flexibility index (Phi) is 3.42. The van der Waals surface area contributed by atoms with Crippen molar-refractivity contribution >= 4 is 28.2 Å². The van der Waals surface area contributed by atoms with Crippen LogP contribution in [-0.2, 0) is 17.8 Å². The summed E-state index contributed by atoms with van der Waals surface area (Å²) in [7, 11) is 1.27. The maximum atomic E-state index is 11.7. The number of anilines is 1. The molecular formula is C12H13N5O3S. The Bertz CT molecular complexity index is 708. The van der Waals surface area contributed by atoms with E-state index in [1.165, 1.54) is 25.4 Å². The van der Waals surface area contributed by atoms with Crippen molar-refractivity contribution in [3.8, 4) is 0 Å². The maximum Gasteiger partial charge on any atom is 0.358 e. The summed E-state index contributed by atoms with van der Waals surface area (Å²) in [5.41, 5.74) is 0.0806. The third kappa shape index (κ3) is 2.40. The molecule has 0 aromatic carbocycles. The number of ether oxygens (including phenoxy) is 1. The fraction of sp³-hybridized carbons (Fsp3) is 0.417. The number of Topliss-reactive ketones (excluding diaryl/α,β-unsaturated/α-hetero) is 1. The number of ketones is 1. The fourth-order valence-electron chi connectivity index (χ4n) is 2.15. The molecule has 1 aliphatic rings. The molecule has 2 aromatic rings. The van der Waals surface area contributed by atoms with Gasteiger partial charge in [0.2, 0.25) is 0 Å². The molecule has 0 amide bonds.